The van der Waals surface area contributed by atoms with Crippen molar-refractivity contribution in [3.63, 3.8) is 0 Å². The number of aromatic amines is 1. The summed E-state index contributed by atoms with van der Waals surface area (Å²) in [5.41, 5.74) is 0.258. The van der Waals surface area contributed by atoms with Crippen molar-refractivity contribution < 1.29 is 14.6 Å². The van der Waals surface area contributed by atoms with Crippen molar-refractivity contribution in [3.8, 4) is 17.0 Å². The third-order valence-electron chi connectivity index (χ3n) is 3.83. The lowest BCUT2D eigenvalue weighted by molar-refractivity contribution is -0.119. The summed E-state index contributed by atoms with van der Waals surface area (Å²) in [6.07, 6.45) is 2.06. The van der Waals surface area contributed by atoms with E-state index >= 15 is 0 Å². The van der Waals surface area contributed by atoms with Crippen molar-refractivity contribution in [1.82, 2.24) is 15.3 Å². The molecule has 1 fully saturated rings. The molecule has 0 radical (unpaired) electrons. The van der Waals surface area contributed by atoms with Gasteiger partial charge in [-0.05, 0) is 18.4 Å². The second-order valence-electron chi connectivity index (χ2n) is 5.66. The van der Waals surface area contributed by atoms with E-state index in [1.165, 1.54) is 0 Å². The Morgan fingerprint density at radius 3 is 2.88 bits per heavy atom. The van der Waals surface area contributed by atoms with E-state index in [1.54, 1.807) is 24.3 Å². The molecule has 1 aromatic carbocycles. The maximum absolute atomic E-state index is 12.2. The van der Waals surface area contributed by atoms with Gasteiger partial charge in [0.25, 0.3) is 5.56 Å². The fraction of sp³-hybridized carbons (Fsp3) is 0.353. The molecule has 1 atom stereocenters. The molecule has 8 heteroatoms. The number of carbonyl (C=O) groups is 1. The Hall–Kier alpha value is -2.32. The first kappa shape index (κ1) is 17.5. The Bertz CT molecular complexity index is 788. The Labute approximate surface area is 148 Å². The molecule has 3 rings (SSSR count). The third kappa shape index (κ3) is 4.61. The highest BCUT2D eigenvalue weighted by Gasteiger charge is 2.17. The quantitative estimate of drug-likeness (QED) is 0.532. The van der Waals surface area contributed by atoms with Crippen molar-refractivity contribution in [2.45, 2.75) is 24.1 Å². The topological polar surface area (TPSA) is 104 Å². The lowest BCUT2D eigenvalue weighted by Gasteiger charge is -2.10. The van der Waals surface area contributed by atoms with Crippen molar-refractivity contribution >= 4 is 17.7 Å². The molecule has 1 aliphatic heterocycles. The molecule has 1 amide bonds. The van der Waals surface area contributed by atoms with Crippen LogP contribution in [0.15, 0.2) is 40.3 Å². The van der Waals surface area contributed by atoms with Gasteiger partial charge in [-0.3, -0.25) is 9.59 Å². The fourth-order valence-corrected chi connectivity index (χ4v) is 3.28. The average Bonchev–Trinajstić information content (AvgIpc) is 3.12. The molecular formula is C17H19N3O4S. The number of thioether (sulfide) groups is 1. The van der Waals surface area contributed by atoms with E-state index < -0.39 is 5.56 Å². The minimum absolute atomic E-state index is 0.0843. The number of H-pyrrole nitrogens is 1. The van der Waals surface area contributed by atoms with E-state index in [2.05, 4.69) is 15.3 Å². The Balaban J connectivity index is 1.60. The lowest BCUT2D eigenvalue weighted by atomic mass is 10.1. The summed E-state index contributed by atoms with van der Waals surface area (Å²) in [5, 5.41) is 13.1. The molecule has 0 aliphatic carbocycles. The molecule has 3 N–H and O–H groups in total. The summed E-state index contributed by atoms with van der Waals surface area (Å²) < 4.78 is 5.44. The molecule has 1 saturated heterocycles. The molecule has 0 spiro atoms. The van der Waals surface area contributed by atoms with E-state index in [0.717, 1.165) is 31.2 Å². The second-order valence-corrected chi connectivity index (χ2v) is 6.63. The highest BCUT2D eigenvalue weighted by atomic mass is 32.2. The van der Waals surface area contributed by atoms with E-state index in [-0.39, 0.29) is 34.4 Å². The van der Waals surface area contributed by atoms with E-state index in [4.69, 9.17) is 4.74 Å². The van der Waals surface area contributed by atoms with Crippen molar-refractivity contribution in [2.75, 3.05) is 18.9 Å². The van der Waals surface area contributed by atoms with Gasteiger partial charge in [-0.1, -0.05) is 42.1 Å². The van der Waals surface area contributed by atoms with E-state index in [1.807, 2.05) is 6.07 Å². The third-order valence-corrected chi connectivity index (χ3v) is 4.71. The van der Waals surface area contributed by atoms with Gasteiger partial charge >= 0.3 is 0 Å². The predicted molar refractivity (Wildman–Crippen MR) is 94.7 cm³/mol. The number of nitrogens with zero attached hydrogens (tertiary/aromatic N) is 1. The zero-order valence-corrected chi connectivity index (χ0v) is 14.3. The highest BCUT2D eigenvalue weighted by molar-refractivity contribution is 7.99. The fourth-order valence-electron chi connectivity index (χ4n) is 2.59. The van der Waals surface area contributed by atoms with Gasteiger partial charge in [-0.25, -0.2) is 0 Å². The van der Waals surface area contributed by atoms with Gasteiger partial charge in [0.05, 0.1) is 11.9 Å². The van der Waals surface area contributed by atoms with Gasteiger partial charge in [0.15, 0.2) is 5.16 Å². The lowest BCUT2D eigenvalue weighted by Crippen LogP contribution is -2.33. The summed E-state index contributed by atoms with van der Waals surface area (Å²) in [6, 6.07) is 8.81. The first-order chi connectivity index (χ1) is 12.1. The van der Waals surface area contributed by atoms with Crippen LogP contribution < -0.4 is 10.9 Å². The van der Waals surface area contributed by atoms with Gasteiger partial charge in [0.1, 0.15) is 5.56 Å². The predicted octanol–water partition coefficient (Wildman–Crippen LogP) is 1.53. The van der Waals surface area contributed by atoms with Crippen molar-refractivity contribution in [3.05, 3.63) is 40.7 Å². The summed E-state index contributed by atoms with van der Waals surface area (Å²) in [4.78, 5) is 30.7. The molecule has 2 heterocycles. The molecule has 25 heavy (non-hydrogen) atoms. The monoisotopic (exact) mass is 361 g/mol. The maximum atomic E-state index is 12.2. The zero-order valence-electron chi connectivity index (χ0n) is 13.5. The van der Waals surface area contributed by atoms with Gasteiger partial charge in [0.2, 0.25) is 11.8 Å². The molecule has 1 aromatic heterocycles. The standard InChI is InChI=1S/C17H19N3O4S/c21-13(18-9-12-7-4-8-24-12)10-25-17-19-15(22)14(16(23)20-17)11-5-2-1-3-6-11/h1-3,5-6,12H,4,7-10H2,(H,18,21)(H2,19,20,22,23). The number of benzene rings is 1. The number of aromatic nitrogens is 2. The van der Waals surface area contributed by atoms with Crippen LogP contribution in [0.2, 0.25) is 0 Å². The SMILES string of the molecule is O=C(CSc1nc(O)c(-c2ccccc2)c(=O)[nH]1)NCC1CCCO1. The summed E-state index contributed by atoms with van der Waals surface area (Å²) in [6.45, 7) is 1.23. The number of hydrogen-bond acceptors (Lipinski definition) is 6. The van der Waals surface area contributed by atoms with Gasteiger partial charge < -0.3 is 20.1 Å². The maximum Gasteiger partial charge on any atom is 0.263 e. The minimum atomic E-state index is -0.444. The molecular weight excluding hydrogens is 342 g/mol. The van der Waals surface area contributed by atoms with Crippen molar-refractivity contribution in [1.29, 1.82) is 0 Å². The van der Waals surface area contributed by atoms with Crippen LogP contribution in [0.1, 0.15) is 12.8 Å². The highest BCUT2D eigenvalue weighted by Crippen LogP contribution is 2.24. The zero-order chi connectivity index (χ0) is 17.6. The first-order valence-corrected chi connectivity index (χ1v) is 9.02. The van der Waals surface area contributed by atoms with Gasteiger partial charge in [-0.15, -0.1) is 0 Å². The van der Waals surface area contributed by atoms with E-state index in [0.29, 0.717) is 12.1 Å². The van der Waals surface area contributed by atoms with Crippen LogP contribution in [-0.4, -0.2) is 46.0 Å². The van der Waals surface area contributed by atoms with Crippen LogP contribution in [0.4, 0.5) is 0 Å². The van der Waals surface area contributed by atoms with Gasteiger partial charge in [-0.2, -0.15) is 4.98 Å². The number of nitrogens with one attached hydrogen (secondary N) is 2. The van der Waals surface area contributed by atoms with Crippen LogP contribution in [-0.2, 0) is 9.53 Å². The van der Waals surface area contributed by atoms with Crippen molar-refractivity contribution in [2.24, 2.45) is 0 Å². The number of carbonyl (C=O) groups excluding carboxylic acids is 1. The molecule has 1 unspecified atom stereocenters. The normalized spacial score (nSPS) is 16.7. The number of ether oxygens (including phenoxy) is 1. The summed E-state index contributed by atoms with van der Waals surface area (Å²) in [7, 11) is 0. The number of hydrogen-bond donors (Lipinski definition) is 3. The second kappa shape index (κ2) is 8.17. The van der Waals surface area contributed by atoms with Crippen LogP contribution >= 0.6 is 11.8 Å². The summed E-state index contributed by atoms with van der Waals surface area (Å²) in [5.74, 6) is -0.424. The van der Waals surface area contributed by atoms with E-state index in [9.17, 15) is 14.7 Å². The van der Waals surface area contributed by atoms with Crippen LogP contribution in [0.5, 0.6) is 5.88 Å². The molecule has 0 saturated carbocycles. The molecule has 7 nitrogen and oxygen atoms in total. The number of aromatic hydroxyl groups is 1. The molecule has 1 aliphatic rings. The van der Waals surface area contributed by atoms with Crippen LogP contribution in [0.3, 0.4) is 0 Å². The Morgan fingerprint density at radius 2 is 2.20 bits per heavy atom. The largest absolute Gasteiger partial charge is 0.493 e. The smallest absolute Gasteiger partial charge is 0.263 e. The first-order valence-electron chi connectivity index (χ1n) is 8.03. The molecule has 2 aromatic rings. The van der Waals surface area contributed by atoms with Crippen LogP contribution in [0, 0.1) is 0 Å². The molecule has 132 valence electrons. The van der Waals surface area contributed by atoms with Crippen LogP contribution in [0.25, 0.3) is 11.1 Å². The Kier molecular flexibility index (Phi) is 5.72. The average molecular weight is 361 g/mol. The Morgan fingerprint density at radius 1 is 1.40 bits per heavy atom. The minimum Gasteiger partial charge on any atom is -0.493 e. The number of rotatable bonds is 6. The summed E-state index contributed by atoms with van der Waals surface area (Å²) >= 11 is 1.06. The number of amides is 1. The molecule has 0 bridgehead atoms. The van der Waals surface area contributed by atoms with Gasteiger partial charge in [0, 0.05) is 13.2 Å².